The smallest absolute Gasteiger partial charge is 0.0900 e. The van der Waals surface area contributed by atoms with Gasteiger partial charge in [-0.05, 0) is 12.2 Å². The molecule has 0 amide bonds. The molecule has 0 aliphatic rings. The Kier molecular flexibility index (Phi) is 4.84. The molecular weight excluding hydrogens is 178 g/mol. The third-order valence-electron chi connectivity index (χ3n) is 1.30. The minimum Gasteiger partial charge on any atom is -0.400 e. The fourth-order valence-electron chi connectivity index (χ4n) is 0.637. The number of allylic oxidation sites excluding steroid dienone is 1. The van der Waals surface area contributed by atoms with Gasteiger partial charge in [0.2, 0.25) is 0 Å². The second-order valence-electron chi connectivity index (χ2n) is 2.56. The van der Waals surface area contributed by atoms with E-state index >= 15 is 0 Å². The van der Waals surface area contributed by atoms with Crippen LogP contribution in [0.3, 0.4) is 0 Å². The lowest BCUT2D eigenvalue weighted by atomic mass is 10.2. The van der Waals surface area contributed by atoms with Crippen LogP contribution >= 0.6 is 11.8 Å². The zero-order valence-corrected chi connectivity index (χ0v) is 9.01. The lowest BCUT2D eigenvalue weighted by molar-refractivity contribution is 0.689. The van der Waals surface area contributed by atoms with Gasteiger partial charge in [-0.15, -0.1) is 11.8 Å². The third-order valence-corrected chi connectivity index (χ3v) is 3.87. The van der Waals surface area contributed by atoms with E-state index in [0.29, 0.717) is 0 Å². The van der Waals surface area contributed by atoms with Crippen molar-refractivity contribution in [2.24, 2.45) is 11.7 Å². The van der Waals surface area contributed by atoms with Crippen LogP contribution < -0.4 is 5.73 Å². The maximum absolute atomic E-state index is 11.1. The van der Waals surface area contributed by atoms with Crippen LogP contribution in [0.1, 0.15) is 13.8 Å². The van der Waals surface area contributed by atoms with Gasteiger partial charge in [0.15, 0.2) is 0 Å². The summed E-state index contributed by atoms with van der Waals surface area (Å²) in [6.45, 7) is 4.00. The van der Waals surface area contributed by atoms with E-state index in [0.717, 1.165) is 9.93 Å². The normalized spacial score (nSPS) is 16.5. The molecule has 1 unspecified atom stereocenters. The maximum atomic E-state index is 11.1. The Morgan fingerprint density at radius 3 is 2.09 bits per heavy atom. The fraction of sp³-hybridized carbons (Fsp3) is 0.714. The largest absolute Gasteiger partial charge is 0.400 e. The molecule has 0 radical (unpaired) electrons. The number of thioether (sulfide) groups is 1. The molecule has 4 heteroatoms. The highest BCUT2D eigenvalue weighted by molar-refractivity contribution is 8.15. The Hall–Kier alpha value is 0.0400. The van der Waals surface area contributed by atoms with Gasteiger partial charge < -0.3 is 5.73 Å². The minimum absolute atomic E-state index is 0.279. The van der Waals surface area contributed by atoms with Crippen LogP contribution in [0.25, 0.3) is 0 Å². The molecular formula is C7H15NOS2. The van der Waals surface area contributed by atoms with E-state index in [9.17, 15) is 4.21 Å². The van der Waals surface area contributed by atoms with E-state index in [2.05, 4.69) is 0 Å². The van der Waals surface area contributed by atoms with Gasteiger partial charge in [0.1, 0.15) is 0 Å². The first-order valence-electron chi connectivity index (χ1n) is 3.37. The Morgan fingerprint density at radius 2 is 2.00 bits per heavy atom. The van der Waals surface area contributed by atoms with Crippen LogP contribution in [0, 0.1) is 5.92 Å². The Balaban J connectivity index is 4.68. The van der Waals surface area contributed by atoms with E-state index in [4.69, 9.17) is 5.73 Å². The summed E-state index contributed by atoms with van der Waals surface area (Å²) < 4.78 is 11.9. The molecule has 0 aromatic heterocycles. The van der Waals surface area contributed by atoms with Crippen molar-refractivity contribution in [2.45, 2.75) is 13.8 Å². The van der Waals surface area contributed by atoms with Crippen molar-refractivity contribution in [3.05, 3.63) is 9.93 Å². The molecule has 0 aromatic carbocycles. The predicted molar refractivity (Wildman–Crippen MR) is 53.6 cm³/mol. The van der Waals surface area contributed by atoms with Crippen LogP contribution in [-0.4, -0.2) is 16.7 Å². The Morgan fingerprint density at radius 1 is 1.55 bits per heavy atom. The minimum atomic E-state index is -0.936. The second-order valence-corrected chi connectivity index (χ2v) is 4.95. The number of rotatable bonds is 3. The van der Waals surface area contributed by atoms with Crippen molar-refractivity contribution >= 4 is 22.6 Å². The van der Waals surface area contributed by atoms with Gasteiger partial charge >= 0.3 is 0 Å². The second kappa shape index (κ2) is 4.83. The summed E-state index contributed by atoms with van der Waals surface area (Å²) >= 11 is 1.47. The fourth-order valence-corrected chi connectivity index (χ4v) is 2.61. The number of nitrogens with two attached hydrogens (primary N) is 1. The Bertz CT molecular complexity index is 187. The van der Waals surface area contributed by atoms with Gasteiger partial charge in [-0.25, -0.2) is 0 Å². The van der Waals surface area contributed by atoms with E-state index in [-0.39, 0.29) is 5.92 Å². The van der Waals surface area contributed by atoms with Crippen molar-refractivity contribution in [2.75, 3.05) is 12.5 Å². The average Bonchev–Trinajstić information content (AvgIpc) is 1.88. The molecule has 2 nitrogen and oxygen atoms in total. The zero-order valence-electron chi connectivity index (χ0n) is 7.38. The van der Waals surface area contributed by atoms with Crippen molar-refractivity contribution in [1.29, 1.82) is 0 Å². The summed E-state index contributed by atoms with van der Waals surface area (Å²) in [6, 6.07) is 0. The van der Waals surface area contributed by atoms with Gasteiger partial charge in [-0.1, -0.05) is 13.8 Å². The van der Waals surface area contributed by atoms with Crippen molar-refractivity contribution in [3.63, 3.8) is 0 Å². The molecule has 0 saturated heterocycles. The third kappa shape index (κ3) is 3.29. The summed E-state index contributed by atoms with van der Waals surface area (Å²) in [5, 5.41) is 0. The molecule has 0 rings (SSSR count). The Labute approximate surface area is 75.1 Å². The topological polar surface area (TPSA) is 43.1 Å². The highest BCUT2D eigenvalue weighted by Crippen LogP contribution is 2.21. The highest BCUT2D eigenvalue weighted by atomic mass is 32.2. The van der Waals surface area contributed by atoms with Crippen LogP contribution in [0.2, 0.25) is 0 Å². The van der Waals surface area contributed by atoms with E-state index < -0.39 is 10.8 Å². The van der Waals surface area contributed by atoms with Crippen LogP contribution in [0.15, 0.2) is 9.93 Å². The molecule has 0 bridgehead atoms. The van der Waals surface area contributed by atoms with Crippen LogP contribution in [0.4, 0.5) is 0 Å². The van der Waals surface area contributed by atoms with Gasteiger partial charge in [0, 0.05) is 12.0 Å². The first-order valence-corrected chi connectivity index (χ1v) is 6.16. The van der Waals surface area contributed by atoms with Gasteiger partial charge in [-0.2, -0.15) is 0 Å². The highest BCUT2D eigenvalue weighted by Gasteiger charge is 2.08. The van der Waals surface area contributed by atoms with E-state index in [1.165, 1.54) is 11.8 Å². The summed E-state index contributed by atoms with van der Waals surface area (Å²) in [7, 11) is -0.936. The zero-order chi connectivity index (χ0) is 9.02. The molecule has 0 spiro atoms. The van der Waals surface area contributed by atoms with Gasteiger partial charge in [0.25, 0.3) is 0 Å². The predicted octanol–water partition coefficient (Wildman–Crippen LogP) is 1.51. The van der Waals surface area contributed by atoms with Crippen molar-refractivity contribution in [3.8, 4) is 0 Å². The number of hydrogen-bond donors (Lipinski definition) is 1. The molecule has 66 valence electrons. The number of hydrogen-bond acceptors (Lipinski definition) is 3. The molecule has 1 atom stereocenters. The lowest BCUT2D eigenvalue weighted by Gasteiger charge is -2.09. The summed E-state index contributed by atoms with van der Waals surface area (Å²) in [5.74, 6) is 0.279. The quantitative estimate of drug-likeness (QED) is 0.739. The van der Waals surface area contributed by atoms with Crippen LogP contribution in [-0.2, 0) is 10.8 Å². The molecule has 0 fully saturated rings. The molecule has 0 aliphatic carbocycles. The monoisotopic (exact) mass is 193 g/mol. The first kappa shape index (κ1) is 11.0. The maximum Gasteiger partial charge on any atom is 0.0900 e. The van der Waals surface area contributed by atoms with Crippen molar-refractivity contribution < 1.29 is 4.21 Å². The molecule has 0 aromatic rings. The van der Waals surface area contributed by atoms with Crippen LogP contribution in [0.5, 0.6) is 0 Å². The van der Waals surface area contributed by atoms with E-state index in [1.807, 2.05) is 20.1 Å². The summed E-state index contributed by atoms with van der Waals surface area (Å²) in [4.78, 5) is 0. The molecule has 0 saturated carbocycles. The summed E-state index contributed by atoms with van der Waals surface area (Å²) in [6.07, 6.45) is 3.55. The van der Waals surface area contributed by atoms with Crippen molar-refractivity contribution in [1.82, 2.24) is 0 Å². The molecule has 2 N–H and O–H groups in total. The first-order chi connectivity index (χ1) is 5.00. The molecule has 11 heavy (non-hydrogen) atoms. The standard InChI is InChI=1S/C7H15NOS2/c1-5(2)6(8)7(10-3)11(4)9/h5H,8H2,1-4H3/b7-6-. The van der Waals surface area contributed by atoms with E-state index in [1.54, 1.807) is 6.26 Å². The van der Waals surface area contributed by atoms with Gasteiger partial charge in [-0.3, -0.25) is 4.21 Å². The van der Waals surface area contributed by atoms with Gasteiger partial charge in [0.05, 0.1) is 15.0 Å². The summed E-state index contributed by atoms with van der Waals surface area (Å²) in [5.41, 5.74) is 6.49. The average molecular weight is 193 g/mol. The molecule has 0 aliphatic heterocycles. The lowest BCUT2D eigenvalue weighted by Crippen LogP contribution is -2.09. The molecule has 0 heterocycles. The SMILES string of the molecule is CS/C(=C(/N)C(C)C)S(C)=O.